The Morgan fingerprint density at radius 2 is 1.32 bits per heavy atom. The fourth-order valence-electron chi connectivity index (χ4n) is 4.55. The number of hydrogen-bond donors (Lipinski definition) is 0. The lowest BCUT2D eigenvalue weighted by atomic mass is 9.97. The van der Waals surface area contributed by atoms with Gasteiger partial charge in [-0.25, -0.2) is 0 Å². The Hall–Kier alpha value is -3.20. The molecule has 3 aromatic rings. The molecule has 5 atom stereocenters. The van der Waals surface area contributed by atoms with Crippen LogP contribution in [0.1, 0.15) is 11.1 Å². The summed E-state index contributed by atoms with van der Waals surface area (Å²) in [6.07, 6.45) is 1.28. The van der Waals surface area contributed by atoms with Gasteiger partial charge in [-0.2, -0.15) is 0 Å². The predicted molar refractivity (Wildman–Crippen MR) is 142 cm³/mol. The molecule has 1 fully saturated rings. The third-order valence-electron chi connectivity index (χ3n) is 6.52. The van der Waals surface area contributed by atoms with Crippen molar-refractivity contribution in [3.63, 3.8) is 0 Å². The van der Waals surface area contributed by atoms with Gasteiger partial charge in [0.2, 0.25) is 6.29 Å². The van der Waals surface area contributed by atoms with E-state index in [1.165, 1.54) is 0 Å². The van der Waals surface area contributed by atoms with E-state index in [1.54, 1.807) is 7.11 Å². The van der Waals surface area contributed by atoms with Gasteiger partial charge in [-0.1, -0.05) is 72.8 Å². The number of benzene rings is 3. The second-order valence-corrected chi connectivity index (χ2v) is 9.17. The van der Waals surface area contributed by atoms with Gasteiger partial charge < -0.3 is 33.2 Å². The summed E-state index contributed by atoms with van der Waals surface area (Å²) in [6, 6.07) is 27.5. The fourth-order valence-corrected chi connectivity index (χ4v) is 4.55. The monoisotopic (exact) mass is 518 g/mol. The van der Waals surface area contributed by atoms with Crippen LogP contribution in [0.5, 0.6) is 11.5 Å². The molecule has 2 aliphatic rings. The first-order valence-corrected chi connectivity index (χ1v) is 12.9. The molecule has 0 aliphatic carbocycles. The average molecular weight is 519 g/mol. The van der Waals surface area contributed by atoms with Gasteiger partial charge in [0.1, 0.15) is 35.9 Å². The second kappa shape index (κ2) is 13.6. The fraction of sp³-hybridized carbons (Fsp3) is 0.355. The normalized spacial score (nSPS) is 26.3. The highest BCUT2D eigenvalue weighted by atomic mass is 16.7. The lowest BCUT2D eigenvalue weighted by molar-refractivity contribution is -0.306. The topological polar surface area (TPSA) is 64.6 Å². The average Bonchev–Trinajstić information content (AvgIpc) is 2.97. The summed E-state index contributed by atoms with van der Waals surface area (Å²) in [5.41, 5.74) is 2.11. The zero-order valence-corrected chi connectivity index (χ0v) is 21.5. The molecule has 2 heterocycles. The van der Waals surface area contributed by atoms with Crippen LogP contribution < -0.4 is 9.47 Å². The molecule has 0 aromatic heterocycles. The Labute approximate surface area is 223 Å². The molecule has 2 aliphatic heterocycles. The quantitative estimate of drug-likeness (QED) is 0.372. The first-order chi connectivity index (χ1) is 18.8. The molecule has 1 saturated heterocycles. The van der Waals surface area contributed by atoms with Crippen molar-refractivity contribution in [2.24, 2.45) is 0 Å². The number of rotatable bonds is 9. The first kappa shape index (κ1) is 26.4. The molecule has 200 valence electrons. The maximum absolute atomic E-state index is 6.52. The number of ether oxygens (including phenoxy) is 7. The van der Waals surface area contributed by atoms with Crippen molar-refractivity contribution in [2.75, 3.05) is 26.9 Å². The SMILES string of the molecule is COc1ccc(O[C@@H]2OC3COC/C=C\COC(C2OCc2ccccc2)[C@@H]3OCc2ccccc2)cc1. The molecule has 0 spiro atoms. The van der Waals surface area contributed by atoms with Crippen LogP contribution in [0, 0.1) is 0 Å². The summed E-state index contributed by atoms with van der Waals surface area (Å²) in [4.78, 5) is 0. The first-order valence-electron chi connectivity index (χ1n) is 12.9. The van der Waals surface area contributed by atoms with E-state index in [4.69, 9.17) is 33.2 Å². The van der Waals surface area contributed by atoms with Crippen molar-refractivity contribution < 1.29 is 33.2 Å². The number of hydrogen-bond acceptors (Lipinski definition) is 7. The van der Waals surface area contributed by atoms with E-state index in [1.807, 2.05) is 97.1 Å². The molecular formula is C31H34O7. The van der Waals surface area contributed by atoms with Crippen LogP contribution in [0.15, 0.2) is 97.1 Å². The zero-order chi connectivity index (χ0) is 26.0. The van der Waals surface area contributed by atoms with Crippen molar-refractivity contribution in [2.45, 2.75) is 43.9 Å². The van der Waals surface area contributed by atoms with Crippen LogP contribution >= 0.6 is 0 Å². The zero-order valence-electron chi connectivity index (χ0n) is 21.5. The van der Waals surface area contributed by atoms with E-state index in [-0.39, 0.29) is 0 Å². The minimum atomic E-state index is -0.745. The highest BCUT2D eigenvalue weighted by Crippen LogP contribution is 2.32. The lowest BCUT2D eigenvalue weighted by Gasteiger charge is -2.45. The molecule has 3 unspecified atom stereocenters. The molecule has 7 nitrogen and oxygen atoms in total. The maximum Gasteiger partial charge on any atom is 0.229 e. The highest BCUT2D eigenvalue weighted by molar-refractivity contribution is 5.31. The van der Waals surface area contributed by atoms with E-state index in [0.29, 0.717) is 38.8 Å². The number of fused-ring (bicyclic) bond motifs is 2. The molecular weight excluding hydrogens is 484 g/mol. The minimum Gasteiger partial charge on any atom is -0.497 e. The smallest absolute Gasteiger partial charge is 0.229 e. The van der Waals surface area contributed by atoms with Crippen LogP contribution in [0.3, 0.4) is 0 Å². The van der Waals surface area contributed by atoms with Crippen LogP contribution in [0.25, 0.3) is 0 Å². The summed E-state index contributed by atoms with van der Waals surface area (Å²) >= 11 is 0. The third kappa shape index (κ3) is 7.01. The third-order valence-corrected chi connectivity index (χ3v) is 6.52. The second-order valence-electron chi connectivity index (χ2n) is 9.17. The molecule has 0 amide bonds. The van der Waals surface area contributed by atoms with Crippen molar-refractivity contribution in [1.29, 1.82) is 0 Å². The van der Waals surface area contributed by atoms with Crippen LogP contribution in [-0.2, 0) is 36.9 Å². The van der Waals surface area contributed by atoms with Crippen LogP contribution in [0.2, 0.25) is 0 Å². The Bertz CT molecular complexity index is 1120. The lowest BCUT2D eigenvalue weighted by Crippen LogP contribution is -2.62. The highest BCUT2D eigenvalue weighted by Gasteiger charge is 2.49. The molecule has 3 aromatic carbocycles. The molecule has 38 heavy (non-hydrogen) atoms. The Morgan fingerprint density at radius 3 is 1.97 bits per heavy atom. The Morgan fingerprint density at radius 1 is 0.711 bits per heavy atom. The van der Waals surface area contributed by atoms with Gasteiger partial charge in [-0.15, -0.1) is 0 Å². The largest absolute Gasteiger partial charge is 0.497 e. The van der Waals surface area contributed by atoms with Gasteiger partial charge >= 0.3 is 0 Å². The van der Waals surface area contributed by atoms with E-state index >= 15 is 0 Å². The van der Waals surface area contributed by atoms with Crippen molar-refractivity contribution >= 4 is 0 Å². The van der Waals surface area contributed by atoms with E-state index in [0.717, 1.165) is 16.9 Å². The Balaban J connectivity index is 1.42. The van der Waals surface area contributed by atoms with Crippen molar-refractivity contribution in [1.82, 2.24) is 0 Å². The molecule has 2 bridgehead atoms. The molecule has 0 N–H and O–H groups in total. The minimum absolute atomic E-state index is 0.331. The summed E-state index contributed by atoms with van der Waals surface area (Å²) in [5, 5.41) is 0. The van der Waals surface area contributed by atoms with Gasteiger partial charge in [0, 0.05) is 0 Å². The van der Waals surface area contributed by atoms with Gasteiger partial charge in [-0.05, 0) is 35.4 Å². The van der Waals surface area contributed by atoms with E-state index in [9.17, 15) is 0 Å². The van der Waals surface area contributed by atoms with Gasteiger partial charge in [-0.3, -0.25) is 0 Å². The van der Waals surface area contributed by atoms with E-state index in [2.05, 4.69) is 0 Å². The standard InChI is InChI=1S/C31H34O7/c1-32-25-14-16-26(17-15-25)37-31-30(36-21-24-12-6-3-7-13-24)29-28(35-20-23-10-4-2-5-11-23)27(38-31)22-33-18-8-9-19-34-29/h2-17,27-31H,18-22H2,1H3/b9-8-/t27?,28-,29?,30?,31-/m1/s1. The summed E-state index contributed by atoms with van der Waals surface area (Å²) in [6.45, 7) is 1.98. The van der Waals surface area contributed by atoms with Crippen molar-refractivity contribution in [3.05, 3.63) is 108 Å². The van der Waals surface area contributed by atoms with Crippen LogP contribution in [0.4, 0.5) is 0 Å². The number of methoxy groups -OCH3 is 1. The van der Waals surface area contributed by atoms with Crippen molar-refractivity contribution in [3.8, 4) is 11.5 Å². The van der Waals surface area contributed by atoms with Crippen LogP contribution in [-0.4, -0.2) is 57.6 Å². The molecule has 0 saturated carbocycles. The molecule has 0 radical (unpaired) electrons. The summed E-state index contributed by atoms with van der Waals surface area (Å²) in [7, 11) is 1.63. The predicted octanol–water partition coefficient (Wildman–Crippen LogP) is 4.94. The summed E-state index contributed by atoms with van der Waals surface area (Å²) in [5.74, 6) is 1.38. The maximum atomic E-state index is 6.52. The van der Waals surface area contributed by atoms with Gasteiger partial charge in [0.25, 0.3) is 0 Å². The van der Waals surface area contributed by atoms with Gasteiger partial charge in [0.05, 0.1) is 40.1 Å². The molecule has 7 heteroatoms. The Kier molecular flexibility index (Phi) is 9.42. The molecule has 5 rings (SSSR count). The summed E-state index contributed by atoms with van der Waals surface area (Å²) < 4.78 is 43.5. The van der Waals surface area contributed by atoms with E-state index < -0.39 is 30.7 Å². The van der Waals surface area contributed by atoms with Gasteiger partial charge in [0.15, 0.2) is 0 Å².